The van der Waals surface area contributed by atoms with Crippen LogP contribution in [0.3, 0.4) is 0 Å². The van der Waals surface area contributed by atoms with E-state index in [1.54, 1.807) is 70.7 Å². The van der Waals surface area contributed by atoms with E-state index in [0.29, 0.717) is 27.8 Å². The number of carbonyl (C=O) groups is 1. The zero-order chi connectivity index (χ0) is 26.0. The van der Waals surface area contributed by atoms with Crippen LogP contribution < -0.4 is 10.6 Å². The van der Waals surface area contributed by atoms with Gasteiger partial charge in [-0.2, -0.15) is 10.4 Å². The summed E-state index contributed by atoms with van der Waals surface area (Å²) in [6.45, 7) is 8.79. The van der Waals surface area contributed by atoms with Crippen molar-refractivity contribution in [2.24, 2.45) is 0 Å². The Morgan fingerprint density at radius 3 is 2.69 bits per heavy atom. The Morgan fingerprint density at radius 2 is 2.00 bits per heavy atom. The molecule has 2 N–H and O–H groups in total. The first kappa shape index (κ1) is 24.6. The van der Waals surface area contributed by atoms with Gasteiger partial charge < -0.3 is 10.1 Å². The van der Waals surface area contributed by atoms with Gasteiger partial charge in [-0.25, -0.2) is 14.2 Å². The molecule has 1 aromatic carbocycles. The number of anilines is 3. The summed E-state index contributed by atoms with van der Waals surface area (Å²) in [6, 6.07) is 6.94. The van der Waals surface area contributed by atoms with E-state index in [1.165, 1.54) is 10.9 Å². The van der Waals surface area contributed by atoms with E-state index in [2.05, 4.69) is 31.8 Å². The normalized spacial score (nSPS) is 12.1. The van der Waals surface area contributed by atoms with E-state index in [4.69, 9.17) is 10.00 Å². The third-order valence-electron chi connectivity index (χ3n) is 5.37. The largest absolute Gasteiger partial charge is 0.444 e. The first-order chi connectivity index (χ1) is 17.1. The standard InChI is InChI=1S/C26H26FN7O2/c1-15-6-7-29-12-20(15)19-8-17-9-22(32-18-11-31-34(14-18)16(2)10-28)30-13-21(17)24(23(19)27)33-25(35)36-26(3,4)5/h6-9,11-14,16H,1-5H3,(H,30,32)(H,33,35). The number of aromatic nitrogens is 4. The molecule has 184 valence electrons. The number of fused-ring (bicyclic) bond motifs is 1. The van der Waals surface area contributed by atoms with Crippen molar-refractivity contribution in [3.8, 4) is 17.2 Å². The molecule has 1 unspecified atom stereocenters. The summed E-state index contributed by atoms with van der Waals surface area (Å²) in [4.78, 5) is 21.1. The lowest BCUT2D eigenvalue weighted by Gasteiger charge is -2.21. The minimum Gasteiger partial charge on any atom is -0.444 e. The summed E-state index contributed by atoms with van der Waals surface area (Å²) in [7, 11) is 0. The Kier molecular flexibility index (Phi) is 6.57. The number of rotatable bonds is 5. The van der Waals surface area contributed by atoms with Crippen molar-refractivity contribution >= 4 is 34.1 Å². The predicted octanol–water partition coefficient (Wildman–Crippen LogP) is 6.12. The van der Waals surface area contributed by atoms with Crippen LogP contribution in [-0.4, -0.2) is 31.4 Å². The lowest BCUT2D eigenvalue weighted by atomic mass is 9.98. The molecule has 0 aliphatic heterocycles. The molecule has 0 radical (unpaired) electrons. The number of nitriles is 1. The summed E-state index contributed by atoms with van der Waals surface area (Å²) in [5, 5.41) is 20.0. The van der Waals surface area contributed by atoms with Crippen LogP contribution in [0.5, 0.6) is 0 Å². The molecule has 0 saturated heterocycles. The second kappa shape index (κ2) is 9.62. The topological polar surface area (TPSA) is 118 Å². The van der Waals surface area contributed by atoms with Gasteiger partial charge in [0.25, 0.3) is 0 Å². The SMILES string of the molecule is Cc1ccncc1-c1cc2cc(Nc3cnn(C(C)C#N)c3)ncc2c(NC(=O)OC(C)(C)C)c1F. The number of hydrogen-bond acceptors (Lipinski definition) is 7. The summed E-state index contributed by atoms with van der Waals surface area (Å²) < 4.78 is 22.7. The average molecular weight is 488 g/mol. The lowest BCUT2D eigenvalue weighted by Crippen LogP contribution is -2.27. The molecule has 4 aromatic rings. The summed E-state index contributed by atoms with van der Waals surface area (Å²) in [6.07, 6.45) is 7.22. The average Bonchev–Trinajstić information content (AvgIpc) is 3.28. The van der Waals surface area contributed by atoms with Crippen LogP contribution in [0.15, 0.2) is 49.2 Å². The number of ether oxygens (including phenoxy) is 1. The second-order valence-corrected chi connectivity index (χ2v) is 9.36. The Morgan fingerprint density at radius 1 is 1.22 bits per heavy atom. The van der Waals surface area contributed by atoms with Crippen LogP contribution in [0.1, 0.15) is 39.3 Å². The first-order valence-corrected chi connectivity index (χ1v) is 11.3. The van der Waals surface area contributed by atoms with Crippen molar-refractivity contribution in [1.82, 2.24) is 19.7 Å². The minimum atomic E-state index is -0.774. The van der Waals surface area contributed by atoms with Gasteiger partial charge in [-0.05, 0) is 63.8 Å². The smallest absolute Gasteiger partial charge is 0.412 e. The van der Waals surface area contributed by atoms with Crippen molar-refractivity contribution in [2.75, 3.05) is 10.6 Å². The highest BCUT2D eigenvalue weighted by atomic mass is 19.1. The maximum atomic E-state index is 15.8. The molecule has 3 aromatic heterocycles. The number of aryl methyl sites for hydroxylation is 1. The highest BCUT2D eigenvalue weighted by molar-refractivity contribution is 6.03. The Balaban J connectivity index is 1.80. The number of halogens is 1. The zero-order valence-electron chi connectivity index (χ0n) is 20.6. The van der Waals surface area contributed by atoms with Crippen molar-refractivity contribution < 1.29 is 13.9 Å². The number of amides is 1. The van der Waals surface area contributed by atoms with Crippen LogP contribution in [-0.2, 0) is 4.74 Å². The molecule has 10 heteroatoms. The molecule has 1 atom stereocenters. The van der Waals surface area contributed by atoms with Gasteiger partial charge in [0.2, 0.25) is 0 Å². The van der Waals surface area contributed by atoms with Crippen LogP contribution in [0, 0.1) is 24.1 Å². The van der Waals surface area contributed by atoms with Gasteiger partial charge in [-0.3, -0.25) is 15.0 Å². The van der Waals surface area contributed by atoms with Crippen LogP contribution in [0.2, 0.25) is 0 Å². The number of nitrogens with one attached hydrogen (secondary N) is 2. The van der Waals surface area contributed by atoms with Crippen LogP contribution in [0.4, 0.5) is 26.4 Å². The van der Waals surface area contributed by atoms with Crippen molar-refractivity contribution in [1.29, 1.82) is 5.26 Å². The van der Waals surface area contributed by atoms with E-state index in [1.807, 2.05) is 6.92 Å². The number of hydrogen-bond donors (Lipinski definition) is 2. The molecule has 0 fully saturated rings. The fraction of sp³-hybridized carbons (Fsp3) is 0.269. The zero-order valence-corrected chi connectivity index (χ0v) is 20.6. The molecule has 0 spiro atoms. The Bertz CT molecular complexity index is 1480. The van der Waals surface area contributed by atoms with Crippen LogP contribution >= 0.6 is 0 Å². The van der Waals surface area contributed by atoms with Gasteiger partial charge in [-0.1, -0.05) is 0 Å². The monoisotopic (exact) mass is 487 g/mol. The van der Waals surface area contributed by atoms with Gasteiger partial charge in [0, 0.05) is 41.3 Å². The molecule has 0 aliphatic carbocycles. The lowest BCUT2D eigenvalue weighted by molar-refractivity contribution is 0.0635. The highest BCUT2D eigenvalue weighted by Crippen LogP contribution is 2.37. The van der Waals surface area contributed by atoms with Gasteiger partial charge in [0.05, 0.1) is 23.6 Å². The van der Waals surface area contributed by atoms with Crippen molar-refractivity contribution in [2.45, 2.75) is 46.3 Å². The third kappa shape index (κ3) is 5.25. The van der Waals surface area contributed by atoms with Gasteiger partial charge >= 0.3 is 6.09 Å². The molecule has 4 rings (SSSR count). The summed E-state index contributed by atoms with van der Waals surface area (Å²) in [5.74, 6) is -0.130. The number of nitrogens with zero attached hydrogens (tertiary/aromatic N) is 5. The minimum absolute atomic E-state index is 0.0327. The van der Waals surface area contributed by atoms with E-state index in [0.717, 1.165) is 5.56 Å². The molecule has 0 bridgehead atoms. The molecular weight excluding hydrogens is 461 g/mol. The number of pyridine rings is 2. The molecule has 9 nitrogen and oxygen atoms in total. The van der Waals surface area contributed by atoms with E-state index in [9.17, 15) is 4.79 Å². The number of benzene rings is 1. The fourth-order valence-electron chi connectivity index (χ4n) is 3.63. The van der Waals surface area contributed by atoms with E-state index >= 15 is 4.39 Å². The van der Waals surface area contributed by atoms with Crippen LogP contribution in [0.25, 0.3) is 21.9 Å². The molecule has 1 amide bonds. The second-order valence-electron chi connectivity index (χ2n) is 9.36. The quantitative estimate of drug-likeness (QED) is 0.348. The Hall–Kier alpha value is -4.52. The molecule has 0 saturated carbocycles. The molecule has 0 aliphatic rings. The highest BCUT2D eigenvalue weighted by Gasteiger charge is 2.22. The number of carbonyl (C=O) groups excluding carboxylic acids is 1. The maximum absolute atomic E-state index is 15.8. The van der Waals surface area contributed by atoms with Crippen molar-refractivity contribution in [3.05, 3.63) is 60.6 Å². The maximum Gasteiger partial charge on any atom is 0.412 e. The summed E-state index contributed by atoms with van der Waals surface area (Å²) >= 11 is 0. The molecular formula is C26H26FN7O2. The first-order valence-electron chi connectivity index (χ1n) is 11.3. The molecule has 3 heterocycles. The predicted molar refractivity (Wildman–Crippen MR) is 135 cm³/mol. The summed E-state index contributed by atoms with van der Waals surface area (Å²) in [5.41, 5.74) is 1.57. The fourth-order valence-corrected chi connectivity index (χ4v) is 3.63. The Labute approximate surface area is 207 Å². The van der Waals surface area contributed by atoms with Gasteiger partial charge in [0.1, 0.15) is 17.5 Å². The third-order valence-corrected chi connectivity index (χ3v) is 5.37. The van der Waals surface area contributed by atoms with Crippen molar-refractivity contribution in [3.63, 3.8) is 0 Å². The van der Waals surface area contributed by atoms with Gasteiger partial charge in [0.15, 0.2) is 5.82 Å². The molecule has 36 heavy (non-hydrogen) atoms. The van der Waals surface area contributed by atoms with Gasteiger partial charge in [-0.15, -0.1) is 0 Å². The van der Waals surface area contributed by atoms with E-state index in [-0.39, 0.29) is 11.3 Å². The van der Waals surface area contributed by atoms with E-state index < -0.39 is 23.6 Å².